The van der Waals surface area contributed by atoms with Gasteiger partial charge in [0.2, 0.25) is 5.88 Å². The van der Waals surface area contributed by atoms with Crippen LogP contribution < -0.4 is 19.7 Å². The Morgan fingerprint density at radius 2 is 1.95 bits per heavy atom. The zero-order chi connectivity index (χ0) is 30.7. The number of carbonyl (C=O) groups is 1. The molecule has 5 rings (SSSR count). The summed E-state index contributed by atoms with van der Waals surface area (Å²) in [5.74, 6) is 1.29. The van der Waals surface area contributed by atoms with Crippen molar-refractivity contribution < 1.29 is 22.7 Å². The highest BCUT2D eigenvalue weighted by molar-refractivity contribution is 8.13. The molecule has 0 aromatic carbocycles. The number of hydrogen-bond donors (Lipinski definition) is 2. The number of aliphatic imine (C=N–C) groups is 1. The number of halogens is 3. The summed E-state index contributed by atoms with van der Waals surface area (Å²) in [5, 5.41) is 8.16. The third-order valence-electron chi connectivity index (χ3n) is 7.73. The van der Waals surface area contributed by atoms with Gasteiger partial charge in [0.15, 0.2) is 5.82 Å². The molecule has 228 valence electrons. The standard InChI is InChI=1S/C27H32F3N7O2S.C2H6/c1-5-22-32-17(2)31-16-18-8-10-25(3,4)37(18)23-19(24(38)35-40-22)6-7-20(33-23)36-14-9-21(34-36)39-15-13-26(11-12-26)27(28,29)30;1-2/h5-7,9,14,18,31H,1-2,8,10-13,15-16H2,3-4H3,(H,35,38);1-2H3/b32-22+;. The minimum atomic E-state index is -4.22. The molecule has 2 aromatic heterocycles. The normalized spacial score (nSPS) is 22.4. The van der Waals surface area contributed by atoms with Gasteiger partial charge in [-0.05, 0) is 64.2 Å². The molecule has 2 aliphatic heterocycles. The van der Waals surface area contributed by atoms with Crippen LogP contribution in [0.5, 0.6) is 5.88 Å². The first kappa shape index (κ1) is 31.5. The molecular formula is C29H38F3N7O2S. The van der Waals surface area contributed by atoms with Crippen LogP contribution in [0.2, 0.25) is 0 Å². The highest BCUT2D eigenvalue weighted by Crippen LogP contribution is 2.59. The molecule has 9 nitrogen and oxygen atoms in total. The number of carbonyl (C=O) groups excluding carboxylic acids is 1. The summed E-state index contributed by atoms with van der Waals surface area (Å²) >= 11 is 1.04. The molecule has 2 N–H and O–H groups in total. The zero-order valence-corrected chi connectivity index (χ0v) is 25.2. The number of rotatable bonds is 6. The van der Waals surface area contributed by atoms with Crippen molar-refractivity contribution in [3.05, 3.63) is 55.0 Å². The first-order valence-corrected chi connectivity index (χ1v) is 14.9. The van der Waals surface area contributed by atoms with Crippen molar-refractivity contribution in [1.82, 2.24) is 24.8 Å². The summed E-state index contributed by atoms with van der Waals surface area (Å²) in [4.78, 5) is 24.8. The first-order valence-electron chi connectivity index (χ1n) is 14.1. The average Bonchev–Trinajstić information content (AvgIpc) is 3.51. The van der Waals surface area contributed by atoms with Gasteiger partial charge >= 0.3 is 6.18 Å². The van der Waals surface area contributed by atoms with Crippen LogP contribution in [-0.4, -0.2) is 56.6 Å². The topological polar surface area (TPSA) is 96.7 Å². The van der Waals surface area contributed by atoms with Crippen LogP contribution in [0.1, 0.15) is 70.2 Å². The van der Waals surface area contributed by atoms with Gasteiger partial charge in [0, 0.05) is 42.3 Å². The molecule has 4 heterocycles. The van der Waals surface area contributed by atoms with E-state index >= 15 is 0 Å². The molecule has 1 saturated heterocycles. The Labute approximate surface area is 248 Å². The number of fused-ring (bicyclic) bond motifs is 3. The summed E-state index contributed by atoms with van der Waals surface area (Å²) < 4.78 is 49.6. The third-order valence-corrected chi connectivity index (χ3v) is 8.49. The number of aromatic nitrogens is 3. The van der Waals surface area contributed by atoms with Gasteiger partial charge in [0.1, 0.15) is 16.7 Å². The molecule has 13 heteroatoms. The van der Waals surface area contributed by atoms with Gasteiger partial charge in [-0.2, -0.15) is 13.2 Å². The second-order valence-electron chi connectivity index (χ2n) is 10.9. The molecule has 0 bridgehead atoms. The number of amides is 1. The highest BCUT2D eigenvalue weighted by Gasteiger charge is 2.62. The van der Waals surface area contributed by atoms with E-state index in [9.17, 15) is 18.0 Å². The molecule has 0 spiro atoms. The fraction of sp³-hybridized carbons (Fsp3) is 0.517. The molecule has 2 aromatic rings. The van der Waals surface area contributed by atoms with E-state index in [2.05, 4.69) is 52.0 Å². The van der Waals surface area contributed by atoms with E-state index in [1.807, 2.05) is 13.8 Å². The molecule has 1 atom stereocenters. The van der Waals surface area contributed by atoms with Crippen molar-refractivity contribution in [2.75, 3.05) is 18.1 Å². The van der Waals surface area contributed by atoms with E-state index in [-0.39, 0.29) is 49.2 Å². The van der Waals surface area contributed by atoms with Crippen LogP contribution in [0.4, 0.5) is 19.0 Å². The van der Waals surface area contributed by atoms with Crippen molar-refractivity contribution >= 4 is 28.7 Å². The second kappa shape index (κ2) is 12.4. The number of nitrogens with one attached hydrogen (secondary N) is 2. The number of anilines is 1. The van der Waals surface area contributed by atoms with E-state index in [4.69, 9.17) is 9.72 Å². The molecule has 1 amide bonds. The van der Waals surface area contributed by atoms with Crippen LogP contribution in [0.25, 0.3) is 5.82 Å². The van der Waals surface area contributed by atoms with E-state index in [1.165, 1.54) is 4.68 Å². The van der Waals surface area contributed by atoms with E-state index < -0.39 is 11.6 Å². The minimum Gasteiger partial charge on any atom is -0.477 e. The predicted molar refractivity (Wildman–Crippen MR) is 160 cm³/mol. The number of hydrogen-bond acceptors (Lipinski definition) is 8. The van der Waals surface area contributed by atoms with Crippen molar-refractivity contribution in [3.63, 3.8) is 0 Å². The molecule has 1 unspecified atom stereocenters. The smallest absolute Gasteiger partial charge is 0.394 e. The molecular weight excluding hydrogens is 567 g/mol. The third kappa shape index (κ3) is 6.61. The molecule has 1 aliphatic carbocycles. The summed E-state index contributed by atoms with van der Waals surface area (Å²) in [6.07, 6.45) is 0.888. The van der Waals surface area contributed by atoms with Crippen LogP contribution in [0, 0.1) is 5.41 Å². The average molecular weight is 606 g/mol. The largest absolute Gasteiger partial charge is 0.477 e. The maximum Gasteiger partial charge on any atom is 0.394 e. The van der Waals surface area contributed by atoms with Crippen LogP contribution in [-0.2, 0) is 0 Å². The van der Waals surface area contributed by atoms with Gasteiger partial charge < -0.3 is 15.0 Å². The Hall–Kier alpha value is -3.48. The van der Waals surface area contributed by atoms with Gasteiger partial charge in [-0.1, -0.05) is 27.0 Å². The molecule has 0 radical (unpaired) electrons. The maximum absolute atomic E-state index is 13.3. The Morgan fingerprint density at radius 1 is 1.21 bits per heavy atom. The number of pyridine rings is 1. The van der Waals surface area contributed by atoms with Gasteiger partial charge in [0.05, 0.1) is 17.6 Å². The van der Waals surface area contributed by atoms with Crippen LogP contribution >= 0.6 is 11.9 Å². The van der Waals surface area contributed by atoms with Gasteiger partial charge in [-0.3, -0.25) is 9.52 Å². The Kier molecular flexibility index (Phi) is 9.29. The fourth-order valence-electron chi connectivity index (χ4n) is 5.20. The van der Waals surface area contributed by atoms with Gasteiger partial charge in [0.25, 0.3) is 5.91 Å². The lowest BCUT2D eigenvalue weighted by molar-refractivity contribution is -0.190. The zero-order valence-electron chi connectivity index (χ0n) is 24.4. The van der Waals surface area contributed by atoms with E-state index in [1.54, 1.807) is 30.5 Å². The summed E-state index contributed by atoms with van der Waals surface area (Å²) in [6.45, 7) is 16.4. The molecule has 3 aliphatic rings. The summed E-state index contributed by atoms with van der Waals surface area (Å²) in [5.41, 5.74) is -1.53. The Balaban J connectivity index is 0.00000198. The summed E-state index contributed by atoms with van der Waals surface area (Å²) in [6, 6.07) is 4.97. The molecule has 2 fully saturated rings. The first-order chi connectivity index (χ1) is 19.9. The monoisotopic (exact) mass is 605 g/mol. The van der Waals surface area contributed by atoms with Gasteiger partial charge in [-0.25, -0.2) is 14.7 Å². The van der Waals surface area contributed by atoms with Crippen molar-refractivity contribution in [2.24, 2.45) is 10.4 Å². The SMILES string of the molecule is C=C/C1=N\C(=C)NCC2CCC(C)(C)N2c2nc(-n3ccc(OCCC4(C(F)(F)F)CC4)n3)ccc2C(=O)NS1.CC. The number of nitrogens with zero attached hydrogens (tertiary/aromatic N) is 5. The lowest BCUT2D eigenvalue weighted by Gasteiger charge is -2.38. The van der Waals surface area contributed by atoms with Crippen LogP contribution in [0.15, 0.2) is 54.4 Å². The van der Waals surface area contributed by atoms with E-state index in [0.29, 0.717) is 34.6 Å². The maximum atomic E-state index is 13.3. The quantitative estimate of drug-likeness (QED) is 0.379. The Bertz CT molecular complexity index is 1350. The summed E-state index contributed by atoms with van der Waals surface area (Å²) in [7, 11) is 0. The van der Waals surface area contributed by atoms with Crippen molar-refractivity contribution in [2.45, 2.75) is 77.6 Å². The molecule has 1 saturated carbocycles. The van der Waals surface area contributed by atoms with Crippen LogP contribution in [0.3, 0.4) is 0 Å². The minimum absolute atomic E-state index is 0.00963. The van der Waals surface area contributed by atoms with Crippen molar-refractivity contribution in [3.8, 4) is 11.7 Å². The number of ether oxygens (including phenoxy) is 1. The highest BCUT2D eigenvalue weighted by atomic mass is 32.2. The van der Waals surface area contributed by atoms with Crippen molar-refractivity contribution in [1.29, 1.82) is 0 Å². The lowest BCUT2D eigenvalue weighted by Crippen LogP contribution is -2.48. The lowest BCUT2D eigenvalue weighted by atomic mass is 10.0. The second-order valence-corrected chi connectivity index (χ2v) is 11.7. The van der Waals surface area contributed by atoms with E-state index in [0.717, 1.165) is 24.8 Å². The van der Waals surface area contributed by atoms with Gasteiger partial charge in [-0.15, -0.1) is 5.10 Å². The predicted octanol–water partition coefficient (Wildman–Crippen LogP) is 6.19. The fourth-order valence-corrected chi connectivity index (χ4v) is 5.75. The Morgan fingerprint density at radius 3 is 2.62 bits per heavy atom. The molecule has 42 heavy (non-hydrogen) atoms. The number of alkyl halides is 3.